The Bertz CT molecular complexity index is 1660. The number of carbonyl (C=O) groups excluding carboxylic acids is 1. The zero-order chi connectivity index (χ0) is 27.9. The summed E-state index contributed by atoms with van der Waals surface area (Å²) in [5.41, 5.74) is 3.48. The van der Waals surface area contributed by atoms with E-state index in [0.29, 0.717) is 25.0 Å². The zero-order valence-electron chi connectivity index (χ0n) is 22.4. The van der Waals surface area contributed by atoms with Crippen molar-refractivity contribution < 1.29 is 19.0 Å². The van der Waals surface area contributed by atoms with Crippen LogP contribution >= 0.6 is 11.3 Å². The summed E-state index contributed by atoms with van der Waals surface area (Å²) in [6, 6.07) is 27.7. The van der Waals surface area contributed by atoms with Crippen molar-refractivity contribution in [3.05, 3.63) is 117 Å². The lowest BCUT2D eigenvalue weighted by Crippen LogP contribution is -2.18. The SMILES string of the molecule is CCOC(=O)Oc1cn(Cc2ccccc2OC)c2sc(CNCc3ccccc3)c(-c3ccccc3)c2c1=O. The highest BCUT2D eigenvalue weighted by Crippen LogP contribution is 2.39. The Morgan fingerprint density at radius 1 is 0.900 bits per heavy atom. The quantitative estimate of drug-likeness (QED) is 0.196. The van der Waals surface area contributed by atoms with Gasteiger partial charge in [0, 0.05) is 29.1 Å². The fourth-order valence-corrected chi connectivity index (χ4v) is 5.92. The van der Waals surface area contributed by atoms with Crippen LogP contribution in [0.25, 0.3) is 21.3 Å². The first-order valence-corrected chi connectivity index (χ1v) is 13.9. The predicted octanol–water partition coefficient (Wildman–Crippen LogP) is 6.61. The summed E-state index contributed by atoms with van der Waals surface area (Å²) in [4.78, 5) is 28.0. The first-order chi connectivity index (χ1) is 19.6. The molecule has 0 saturated carbocycles. The third kappa shape index (κ3) is 5.93. The number of methoxy groups -OCH3 is 1. The van der Waals surface area contributed by atoms with Crippen molar-refractivity contribution in [2.45, 2.75) is 26.6 Å². The van der Waals surface area contributed by atoms with Gasteiger partial charge in [0.05, 0.1) is 31.8 Å². The average Bonchev–Trinajstić information content (AvgIpc) is 3.37. The molecule has 0 atom stereocenters. The second kappa shape index (κ2) is 12.6. The second-order valence-electron chi connectivity index (χ2n) is 9.08. The smallest absolute Gasteiger partial charge is 0.496 e. The molecule has 0 aliphatic rings. The van der Waals surface area contributed by atoms with E-state index in [2.05, 4.69) is 17.4 Å². The molecule has 40 heavy (non-hydrogen) atoms. The molecule has 0 unspecified atom stereocenters. The second-order valence-corrected chi connectivity index (χ2v) is 10.2. The molecule has 5 rings (SSSR count). The van der Waals surface area contributed by atoms with E-state index >= 15 is 0 Å². The molecule has 0 bridgehead atoms. The van der Waals surface area contributed by atoms with Gasteiger partial charge in [-0.2, -0.15) is 0 Å². The van der Waals surface area contributed by atoms with Gasteiger partial charge in [-0.25, -0.2) is 4.79 Å². The molecule has 204 valence electrons. The Balaban J connectivity index is 1.66. The van der Waals surface area contributed by atoms with E-state index in [4.69, 9.17) is 14.2 Å². The minimum Gasteiger partial charge on any atom is -0.496 e. The van der Waals surface area contributed by atoms with Crippen molar-refractivity contribution in [3.63, 3.8) is 0 Å². The Morgan fingerprint density at radius 3 is 2.33 bits per heavy atom. The first-order valence-electron chi connectivity index (χ1n) is 13.0. The highest BCUT2D eigenvalue weighted by molar-refractivity contribution is 7.19. The van der Waals surface area contributed by atoms with Gasteiger partial charge in [-0.1, -0.05) is 78.9 Å². The lowest BCUT2D eigenvalue weighted by atomic mass is 10.0. The van der Waals surface area contributed by atoms with E-state index in [1.807, 2.05) is 77.4 Å². The maximum absolute atomic E-state index is 13.9. The summed E-state index contributed by atoms with van der Waals surface area (Å²) >= 11 is 1.55. The van der Waals surface area contributed by atoms with Gasteiger partial charge in [0.25, 0.3) is 0 Å². The standard InChI is InChI=1S/C32H30N2O5S/c1-3-38-32(36)39-26-21-34(20-24-16-10-11-17-25(24)37-2)31-29(30(26)35)28(23-14-8-5-9-15-23)27(40-31)19-33-18-22-12-6-4-7-13-22/h4-17,21,33H,3,18-20H2,1-2H3. The van der Waals surface area contributed by atoms with Crippen molar-refractivity contribution in [1.29, 1.82) is 0 Å². The van der Waals surface area contributed by atoms with Crippen molar-refractivity contribution in [1.82, 2.24) is 9.88 Å². The van der Waals surface area contributed by atoms with E-state index in [1.54, 1.807) is 31.6 Å². The number of hydrogen-bond donors (Lipinski definition) is 1. The number of carbonyl (C=O) groups is 1. The van der Waals surface area contributed by atoms with Crippen LogP contribution in [0.4, 0.5) is 4.79 Å². The highest BCUT2D eigenvalue weighted by atomic mass is 32.1. The van der Waals surface area contributed by atoms with Crippen LogP contribution in [0.3, 0.4) is 0 Å². The van der Waals surface area contributed by atoms with Crippen molar-refractivity contribution in [3.8, 4) is 22.6 Å². The molecule has 3 aromatic carbocycles. The molecule has 1 N–H and O–H groups in total. The number of nitrogens with zero attached hydrogens (tertiary/aromatic N) is 1. The van der Waals surface area contributed by atoms with Gasteiger partial charge in [0.15, 0.2) is 5.75 Å². The molecular formula is C32H30N2O5S. The maximum atomic E-state index is 13.9. The van der Waals surface area contributed by atoms with Crippen molar-refractivity contribution in [2.75, 3.05) is 13.7 Å². The minimum absolute atomic E-state index is 0.0837. The minimum atomic E-state index is -0.913. The summed E-state index contributed by atoms with van der Waals surface area (Å²) in [6.45, 7) is 3.48. The van der Waals surface area contributed by atoms with Crippen LogP contribution in [-0.2, 0) is 24.4 Å². The largest absolute Gasteiger partial charge is 0.514 e. The van der Waals surface area contributed by atoms with E-state index in [9.17, 15) is 9.59 Å². The maximum Gasteiger partial charge on any atom is 0.514 e. The summed E-state index contributed by atoms with van der Waals surface area (Å²) in [7, 11) is 1.63. The molecule has 0 aliphatic carbocycles. The fraction of sp³-hybridized carbons (Fsp3) is 0.188. The number of hydrogen-bond acceptors (Lipinski definition) is 7. The van der Waals surface area contributed by atoms with Crippen LogP contribution in [0.1, 0.15) is 22.9 Å². The Labute approximate surface area is 236 Å². The van der Waals surface area contributed by atoms with Crippen LogP contribution in [0.2, 0.25) is 0 Å². The molecule has 5 aromatic rings. The van der Waals surface area contributed by atoms with Gasteiger partial charge >= 0.3 is 6.16 Å². The van der Waals surface area contributed by atoms with Gasteiger partial charge in [0.1, 0.15) is 10.6 Å². The zero-order valence-corrected chi connectivity index (χ0v) is 23.2. The summed E-state index contributed by atoms with van der Waals surface area (Å²) in [6.07, 6.45) is 0.671. The Morgan fingerprint density at radius 2 is 1.60 bits per heavy atom. The lowest BCUT2D eigenvalue weighted by Gasteiger charge is -2.14. The van der Waals surface area contributed by atoms with Crippen molar-refractivity contribution >= 4 is 27.7 Å². The van der Waals surface area contributed by atoms with Crippen LogP contribution in [0.15, 0.2) is 95.9 Å². The van der Waals surface area contributed by atoms with Gasteiger partial charge in [-0.3, -0.25) is 4.79 Å². The molecule has 0 amide bonds. The number of aromatic nitrogens is 1. The third-order valence-electron chi connectivity index (χ3n) is 6.46. The Hall–Kier alpha value is -4.40. The summed E-state index contributed by atoms with van der Waals surface area (Å²) in [5, 5.41) is 4.04. The van der Waals surface area contributed by atoms with Crippen LogP contribution in [-0.4, -0.2) is 24.4 Å². The number of para-hydroxylation sites is 1. The molecule has 0 fully saturated rings. The third-order valence-corrected chi connectivity index (χ3v) is 7.68. The molecule has 0 spiro atoms. The van der Waals surface area contributed by atoms with Crippen LogP contribution < -0.4 is 20.2 Å². The van der Waals surface area contributed by atoms with E-state index in [1.165, 1.54) is 5.56 Å². The fourth-order valence-electron chi connectivity index (χ4n) is 4.66. The van der Waals surface area contributed by atoms with Gasteiger partial charge in [-0.05, 0) is 24.1 Å². The molecular weight excluding hydrogens is 524 g/mol. The highest BCUT2D eigenvalue weighted by Gasteiger charge is 2.23. The molecule has 7 nitrogen and oxygen atoms in total. The van der Waals surface area contributed by atoms with Gasteiger partial charge < -0.3 is 24.1 Å². The molecule has 2 aromatic heterocycles. The van der Waals surface area contributed by atoms with Gasteiger partial charge in [-0.15, -0.1) is 11.3 Å². The number of nitrogens with one attached hydrogen (secondary N) is 1. The number of thiophene rings is 1. The molecule has 0 radical (unpaired) electrons. The normalized spacial score (nSPS) is 10.9. The first kappa shape index (κ1) is 27.2. The number of pyridine rings is 1. The summed E-state index contributed by atoms with van der Waals surface area (Å²) in [5.74, 6) is 0.645. The monoisotopic (exact) mass is 554 g/mol. The van der Waals surface area contributed by atoms with Gasteiger partial charge in [0.2, 0.25) is 5.43 Å². The topological polar surface area (TPSA) is 78.8 Å². The number of rotatable bonds is 10. The molecule has 0 saturated heterocycles. The Kier molecular flexibility index (Phi) is 8.59. The van der Waals surface area contributed by atoms with E-state index < -0.39 is 6.16 Å². The van der Waals surface area contributed by atoms with Crippen LogP contribution in [0.5, 0.6) is 11.5 Å². The van der Waals surface area contributed by atoms with E-state index in [-0.39, 0.29) is 17.8 Å². The number of ether oxygens (including phenoxy) is 3. The van der Waals surface area contributed by atoms with Crippen molar-refractivity contribution in [2.24, 2.45) is 0 Å². The van der Waals surface area contributed by atoms with E-state index in [0.717, 1.165) is 32.1 Å². The number of benzene rings is 3. The van der Waals surface area contributed by atoms with Crippen LogP contribution in [0, 0.1) is 0 Å². The molecule has 8 heteroatoms. The number of fused-ring (bicyclic) bond motifs is 1. The molecule has 2 heterocycles. The average molecular weight is 555 g/mol. The summed E-state index contributed by atoms with van der Waals surface area (Å²) < 4.78 is 17.9. The molecule has 0 aliphatic heterocycles. The predicted molar refractivity (Wildman–Crippen MR) is 158 cm³/mol. The lowest BCUT2D eigenvalue weighted by molar-refractivity contribution is 0.104.